The number of piperidine rings is 1. The van der Waals surface area contributed by atoms with Crippen LogP contribution in [0.15, 0.2) is 17.6 Å². The van der Waals surface area contributed by atoms with Crippen molar-refractivity contribution in [2.75, 3.05) is 82.8 Å². The molecule has 0 saturated carbocycles. The normalized spacial score (nSPS) is 26.7. The fourth-order valence-corrected chi connectivity index (χ4v) is 6.26. The highest BCUT2D eigenvalue weighted by atomic mass is 19.1. The summed E-state index contributed by atoms with van der Waals surface area (Å²) in [6.45, 7) is 4.96. The summed E-state index contributed by atoms with van der Waals surface area (Å²) in [4.78, 5) is 49.5. The molecule has 5 rings (SSSR count). The maximum Gasteiger partial charge on any atom is 0.234 e. The molecular weight excluding hydrogens is 540 g/mol. The summed E-state index contributed by atoms with van der Waals surface area (Å²) in [5.74, 6) is -2.34. The molecule has 0 spiro atoms. The summed E-state index contributed by atoms with van der Waals surface area (Å²) in [5, 5.41) is 8.45. The number of rotatable bonds is 8. The number of piperazine rings is 1. The molecule has 0 aromatic carbocycles. The molecule has 4 fully saturated rings. The molecule has 4 aliphatic rings. The van der Waals surface area contributed by atoms with Crippen LogP contribution in [0.2, 0.25) is 0 Å². The molecule has 226 valence electrons. The third-order valence-corrected chi connectivity index (χ3v) is 8.70. The largest absolute Gasteiger partial charge is 0.378 e. The Kier molecular flexibility index (Phi) is 9.38. The predicted octanol–water partition coefficient (Wildman–Crippen LogP) is -0.215. The number of alkyl halides is 1. The van der Waals surface area contributed by atoms with E-state index in [1.54, 1.807) is 16.8 Å². The van der Waals surface area contributed by atoms with E-state index in [4.69, 9.17) is 10.5 Å². The summed E-state index contributed by atoms with van der Waals surface area (Å²) in [7, 11) is 1.61. The van der Waals surface area contributed by atoms with E-state index in [-0.39, 0.29) is 36.3 Å². The first-order valence-electron chi connectivity index (χ1n) is 14.2. The topological polar surface area (TPSA) is 149 Å². The van der Waals surface area contributed by atoms with Gasteiger partial charge in [0.05, 0.1) is 43.5 Å². The standard InChI is InChI=1S/C26H39F2N9O4/c1-34-13-17(27)10-31-24(34)21(23(29)33-40)25(38)32-20-12-30-11-19(28)22(20)36-6-8-37(9-7-36)26(39)16-2-4-35(5-3-16)18-14-41-15-18/h11-12,16-18,21,23-24,31H,2-10,13-15,29H2,1H3,(H,32,38). The minimum atomic E-state index is -1.42. The number of hydrogen-bond acceptors (Lipinski definition) is 11. The fourth-order valence-electron chi connectivity index (χ4n) is 6.26. The summed E-state index contributed by atoms with van der Waals surface area (Å²) >= 11 is 0. The first kappa shape index (κ1) is 29.6. The van der Waals surface area contributed by atoms with Crippen LogP contribution in [0, 0.1) is 22.6 Å². The number of ether oxygens (including phenoxy) is 1. The quantitative estimate of drug-likeness (QED) is 0.353. The van der Waals surface area contributed by atoms with Gasteiger partial charge < -0.3 is 25.6 Å². The Hall–Kier alpha value is -2.85. The van der Waals surface area contributed by atoms with Crippen LogP contribution in [-0.4, -0.2) is 129 Å². The van der Waals surface area contributed by atoms with Crippen molar-refractivity contribution in [1.29, 1.82) is 0 Å². The van der Waals surface area contributed by atoms with E-state index in [0.29, 0.717) is 32.2 Å². The molecule has 4 saturated heterocycles. The number of carbonyl (C=O) groups is 2. The van der Waals surface area contributed by atoms with Crippen molar-refractivity contribution < 1.29 is 23.1 Å². The zero-order chi connectivity index (χ0) is 29.1. The van der Waals surface area contributed by atoms with Crippen molar-refractivity contribution in [3.05, 3.63) is 23.1 Å². The monoisotopic (exact) mass is 579 g/mol. The van der Waals surface area contributed by atoms with E-state index in [9.17, 15) is 18.9 Å². The molecule has 4 unspecified atom stereocenters. The number of amides is 2. The first-order valence-corrected chi connectivity index (χ1v) is 14.2. The van der Waals surface area contributed by atoms with Crippen molar-refractivity contribution in [2.24, 2.45) is 22.7 Å². The average molecular weight is 580 g/mol. The molecule has 5 heterocycles. The van der Waals surface area contributed by atoms with Gasteiger partial charge in [-0.05, 0) is 33.0 Å². The van der Waals surface area contributed by atoms with E-state index >= 15 is 4.39 Å². The lowest BCUT2D eigenvalue weighted by Gasteiger charge is -2.43. The second-order valence-electron chi connectivity index (χ2n) is 11.3. The molecule has 13 nitrogen and oxygen atoms in total. The van der Waals surface area contributed by atoms with Crippen molar-refractivity contribution in [1.82, 2.24) is 25.0 Å². The lowest BCUT2D eigenvalue weighted by Crippen LogP contribution is -2.62. The highest BCUT2D eigenvalue weighted by Gasteiger charge is 2.41. The highest BCUT2D eigenvalue weighted by Crippen LogP contribution is 2.31. The van der Waals surface area contributed by atoms with Gasteiger partial charge in [0, 0.05) is 45.2 Å². The fraction of sp³-hybridized carbons (Fsp3) is 0.731. The number of nitrogens with two attached hydrogens (primary N) is 1. The summed E-state index contributed by atoms with van der Waals surface area (Å²) in [6.07, 6.45) is 0.739. The van der Waals surface area contributed by atoms with Gasteiger partial charge in [-0.3, -0.25) is 29.7 Å². The van der Waals surface area contributed by atoms with Crippen LogP contribution < -0.4 is 21.3 Å². The maximum absolute atomic E-state index is 15.1. The molecule has 4 atom stereocenters. The van der Waals surface area contributed by atoms with Gasteiger partial charge in [0.2, 0.25) is 11.8 Å². The van der Waals surface area contributed by atoms with Gasteiger partial charge in [0.1, 0.15) is 17.8 Å². The Balaban J connectivity index is 1.22. The maximum atomic E-state index is 15.1. The van der Waals surface area contributed by atoms with Gasteiger partial charge >= 0.3 is 0 Å². The van der Waals surface area contributed by atoms with Crippen LogP contribution in [0.5, 0.6) is 0 Å². The van der Waals surface area contributed by atoms with Crippen LogP contribution in [0.1, 0.15) is 12.8 Å². The molecule has 41 heavy (non-hydrogen) atoms. The number of likely N-dealkylation sites (tertiary alicyclic amines) is 1. The number of halogens is 2. The van der Waals surface area contributed by atoms with E-state index in [1.165, 1.54) is 6.20 Å². The Labute approximate surface area is 237 Å². The Bertz CT molecular complexity index is 1100. The number of nitroso groups, excluding NO2 is 1. The number of nitrogens with one attached hydrogen (secondary N) is 2. The Morgan fingerprint density at radius 3 is 2.49 bits per heavy atom. The molecule has 2 amide bonds. The second kappa shape index (κ2) is 13.0. The lowest BCUT2D eigenvalue weighted by atomic mass is 9.93. The van der Waals surface area contributed by atoms with Gasteiger partial charge in [-0.15, -0.1) is 4.91 Å². The number of nitrogens with zero attached hydrogens (tertiary/aromatic N) is 6. The van der Waals surface area contributed by atoms with E-state index in [2.05, 4.69) is 25.7 Å². The summed E-state index contributed by atoms with van der Waals surface area (Å²) in [6, 6.07) is 0.475. The molecule has 0 bridgehead atoms. The van der Waals surface area contributed by atoms with Crippen molar-refractivity contribution >= 4 is 23.2 Å². The van der Waals surface area contributed by atoms with E-state index in [0.717, 1.165) is 45.3 Å². The molecule has 15 heteroatoms. The zero-order valence-corrected chi connectivity index (χ0v) is 23.3. The predicted molar refractivity (Wildman–Crippen MR) is 147 cm³/mol. The number of anilines is 2. The third-order valence-electron chi connectivity index (χ3n) is 8.70. The smallest absolute Gasteiger partial charge is 0.234 e. The van der Waals surface area contributed by atoms with Crippen molar-refractivity contribution in [3.8, 4) is 0 Å². The van der Waals surface area contributed by atoms with Crippen molar-refractivity contribution in [3.63, 3.8) is 0 Å². The summed E-state index contributed by atoms with van der Waals surface area (Å²) < 4.78 is 34.3. The van der Waals surface area contributed by atoms with Crippen molar-refractivity contribution in [2.45, 2.75) is 37.4 Å². The zero-order valence-electron chi connectivity index (χ0n) is 23.3. The molecule has 0 aliphatic carbocycles. The van der Waals surface area contributed by atoms with Gasteiger partial charge in [0.25, 0.3) is 0 Å². The molecule has 1 aromatic heterocycles. The van der Waals surface area contributed by atoms with E-state index in [1.807, 2.05) is 4.90 Å². The van der Waals surface area contributed by atoms with Gasteiger partial charge in [-0.2, -0.15) is 0 Å². The Morgan fingerprint density at radius 2 is 1.88 bits per heavy atom. The van der Waals surface area contributed by atoms with Crippen LogP contribution in [0.25, 0.3) is 0 Å². The van der Waals surface area contributed by atoms with Crippen LogP contribution >= 0.6 is 0 Å². The summed E-state index contributed by atoms with van der Waals surface area (Å²) in [5.41, 5.74) is 6.17. The number of aromatic nitrogens is 1. The lowest BCUT2D eigenvalue weighted by molar-refractivity contribution is -0.139. The number of hydrogen-bond donors (Lipinski definition) is 3. The molecule has 4 N–H and O–H groups in total. The van der Waals surface area contributed by atoms with Gasteiger partial charge in [-0.1, -0.05) is 5.18 Å². The third kappa shape index (κ3) is 6.48. The van der Waals surface area contributed by atoms with Crippen LogP contribution in [0.3, 0.4) is 0 Å². The number of pyridine rings is 1. The van der Waals surface area contributed by atoms with Gasteiger partial charge in [0.15, 0.2) is 12.0 Å². The van der Waals surface area contributed by atoms with Crippen LogP contribution in [0.4, 0.5) is 20.2 Å². The van der Waals surface area contributed by atoms with Gasteiger partial charge in [-0.25, -0.2) is 8.78 Å². The molecule has 0 radical (unpaired) electrons. The molecule has 4 aliphatic heterocycles. The SMILES string of the molecule is CN1CC(F)CNC1C(C(=O)Nc1cncc(F)c1N1CCN(C(=O)C2CCN(C3COC3)CC2)CC1)C(N)N=O. The van der Waals surface area contributed by atoms with Crippen LogP contribution in [-0.2, 0) is 14.3 Å². The molecular formula is C26H39F2N9O4. The number of carbonyl (C=O) groups excluding carboxylic acids is 2. The second-order valence-corrected chi connectivity index (χ2v) is 11.3. The minimum Gasteiger partial charge on any atom is -0.378 e. The highest BCUT2D eigenvalue weighted by molar-refractivity contribution is 5.96. The average Bonchev–Trinajstić information content (AvgIpc) is 2.93. The van der Waals surface area contributed by atoms with E-state index < -0.39 is 36.1 Å². The molecule has 1 aromatic rings. The minimum absolute atomic E-state index is 0.00523. The first-order chi connectivity index (χ1) is 19.8. The Morgan fingerprint density at radius 1 is 1.17 bits per heavy atom.